The first-order chi connectivity index (χ1) is 16.7. The molecule has 2 aromatic carbocycles. The molecular weight excluding hydrogens is 448 g/mol. The number of hydrogen-bond donors (Lipinski definition) is 3. The van der Waals surface area contributed by atoms with E-state index in [-0.39, 0.29) is 31.2 Å². The molecule has 4 unspecified atom stereocenters. The van der Waals surface area contributed by atoms with Crippen LogP contribution in [0.2, 0.25) is 0 Å². The Kier molecular flexibility index (Phi) is 5.40. The second kappa shape index (κ2) is 8.20. The maximum absolute atomic E-state index is 13.8. The molecule has 3 heterocycles. The number of ether oxygens (including phenoxy) is 1. The Labute approximate surface area is 203 Å². The fourth-order valence-electron chi connectivity index (χ4n) is 5.79. The summed E-state index contributed by atoms with van der Waals surface area (Å²) in [6.45, 7) is 3.96. The number of carbonyl (C=O) groups excluding carboxylic acids is 4. The predicted octanol–water partition coefficient (Wildman–Crippen LogP) is 1.50. The Balaban J connectivity index is 1.57. The number of fused-ring (bicyclic) bond motifs is 4. The lowest BCUT2D eigenvalue weighted by Crippen LogP contribution is -2.53. The number of imide groups is 1. The summed E-state index contributed by atoms with van der Waals surface area (Å²) in [5.41, 5.74) is 8.03. The third-order valence-corrected chi connectivity index (χ3v) is 7.71. The van der Waals surface area contributed by atoms with Crippen molar-refractivity contribution in [3.05, 3.63) is 58.7 Å². The van der Waals surface area contributed by atoms with E-state index in [9.17, 15) is 19.2 Å². The molecule has 9 nitrogen and oxygen atoms in total. The second-order valence-corrected chi connectivity index (χ2v) is 9.56. The molecule has 3 aliphatic rings. The number of benzene rings is 2. The van der Waals surface area contributed by atoms with Crippen molar-refractivity contribution in [1.82, 2.24) is 10.2 Å². The maximum Gasteiger partial charge on any atom is 0.250 e. The number of carbonyl (C=O) groups is 4. The highest BCUT2D eigenvalue weighted by atomic mass is 16.5. The van der Waals surface area contributed by atoms with Crippen molar-refractivity contribution < 1.29 is 23.9 Å². The van der Waals surface area contributed by atoms with Gasteiger partial charge in [0.25, 0.3) is 0 Å². The number of rotatable bonds is 6. The topological polar surface area (TPSA) is 131 Å². The Morgan fingerprint density at radius 3 is 2.46 bits per heavy atom. The molecule has 4 amide bonds. The van der Waals surface area contributed by atoms with E-state index in [1.54, 1.807) is 31.4 Å². The summed E-state index contributed by atoms with van der Waals surface area (Å²) in [4.78, 5) is 53.9. The fourth-order valence-corrected chi connectivity index (χ4v) is 5.79. The van der Waals surface area contributed by atoms with Crippen LogP contribution in [0.4, 0.5) is 5.69 Å². The van der Waals surface area contributed by atoms with E-state index in [4.69, 9.17) is 10.5 Å². The molecule has 0 aromatic heterocycles. The number of aryl methyl sites for hydroxylation is 1. The van der Waals surface area contributed by atoms with Gasteiger partial charge in [-0.15, -0.1) is 0 Å². The van der Waals surface area contributed by atoms with Crippen LogP contribution in [0.25, 0.3) is 0 Å². The summed E-state index contributed by atoms with van der Waals surface area (Å²) in [6.07, 6.45) is 0.291. The van der Waals surface area contributed by atoms with E-state index < -0.39 is 35.2 Å². The van der Waals surface area contributed by atoms with Crippen LogP contribution in [0.5, 0.6) is 5.75 Å². The van der Waals surface area contributed by atoms with Crippen molar-refractivity contribution in [1.29, 1.82) is 0 Å². The van der Waals surface area contributed by atoms with Gasteiger partial charge in [0, 0.05) is 23.7 Å². The smallest absolute Gasteiger partial charge is 0.250 e. The average molecular weight is 477 g/mol. The van der Waals surface area contributed by atoms with Gasteiger partial charge in [-0.05, 0) is 49.1 Å². The van der Waals surface area contributed by atoms with E-state index in [0.717, 1.165) is 16.7 Å². The van der Waals surface area contributed by atoms with Crippen LogP contribution in [0.15, 0.2) is 36.4 Å². The quantitative estimate of drug-likeness (QED) is 0.542. The van der Waals surface area contributed by atoms with Crippen molar-refractivity contribution >= 4 is 29.3 Å². The molecule has 0 aliphatic carbocycles. The first-order valence-electron chi connectivity index (χ1n) is 11.6. The Morgan fingerprint density at radius 1 is 1.09 bits per heavy atom. The van der Waals surface area contributed by atoms with E-state index in [0.29, 0.717) is 17.0 Å². The van der Waals surface area contributed by atoms with Crippen LogP contribution < -0.4 is 21.1 Å². The van der Waals surface area contributed by atoms with Crippen LogP contribution in [0.1, 0.15) is 35.1 Å². The van der Waals surface area contributed by atoms with Crippen LogP contribution in [-0.2, 0) is 31.3 Å². The number of primary amides is 1. The molecule has 1 spiro atoms. The molecule has 0 radical (unpaired) electrons. The summed E-state index contributed by atoms with van der Waals surface area (Å²) in [7, 11) is 1.57. The van der Waals surface area contributed by atoms with Crippen molar-refractivity contribution in [2.24, 2.45) is 17.6 Å². The molecule has 35 heavy (non-hydrogen) atoms. The van der Waals surface area contributed by atoms with Crippen molar-refractivity contribution in [2.45, 2.75) is 44.8 Å². The summed E-state index contributed by atoms with van der Waals surface area (Å²) in [6, 6.07) is 10.4. The molecule has 9 heteroatoms. The van der Waals surface area contributed by atoms with Gasteiger partial charge in [-0.3, -0.25) is 29.4 Å². The molecule has 0 bridgehead atoms. The third kappa shape index (κ3) is 3.33. The van der Waals surface area contributed by atoms with Crippen molar-refractivity contribution in [3.63, 3.8) is 0 Å². The number of methoxy groups -OCH3 is 1. The van der Waals surface area contributed by atoms with Crippen LogP contribution in [0.3, 0.4) is 0 Å². The average Bonchev–Trinajstić information content (AvgIpc) is 3.41. The second-order valence-electron chi connectivity index (χ2n) is 9.56. The van der Waals surface area contributed by atoms with Crippen LogP contribution >= 0.6 is 0 Å². The molecule has 0 saturated carbocycles. The number of nitrogens with two attached hydrogens (primary N) is 1. The highest BCUT2D eigenvalue weighted by Crippen LogP contribution is 2.54. The van der Waals surface area contributed by atoms with Crippen molar-refractivity contribution in [3.8, 4) is 5.75 Å². The van der Waals surface area contributed by atoms with E-state index >= 15 is 0 Å². The van der Waals surface area contributed by atoms with E-state index in [2.05, 4.69) is 10.6 Å². The van der Waals surface area contributed by atoms with E-state index in [1.165, 1.54) is 4.90 Å². The van der Waals surface area contributed by atoms with Gasteiger partial charge in [0.1, 0.15) is 11.3 Å². The van der Waals surface area contributed by atoms with Gasteiger partial charge in [0.15, 0.2) is 0 Å². The number of likely N-dealkylation sites (tertiary alicyclic amines) is 1. The minimum absolute atomic E-state index is 0.0400. The van der Waals surface area contributed by atoms with Gasteiger partial charge in [0.05, 0.1) is 25.5 Å². The van der Waals surface area contributed by atoms with Gasteiger partial charge in [-0.25, -0.2) is 0 Å². The Hall–Kier alpha value is -3.72. The molecule has 4 N–H and O–H groups in total. The molecule has 2 aromatic rings. The fraction of sp³-hybridized carbons (Fsp3) is 0.385. The van der Waals surface area contributed by atoms with Gasteiger partial charge >= 0.3 is 0 Å². The normalized spacial score (nSPS) is 26.8. The predicted molar refractivity (Wildman–Crippen MR) is 127 cm³/mol. The molecular formula is C26H28N4O5. The molecule has 5 rings (SSSR count). The summed E-state index contributed by atoms with van der Waals surface area (Å²) in [5, 5.41) is 6.29. The summed E-state index contributed by atoms with van der Waals surface area (Å²) < 4.78 is 5.19. The largest absolute Gasteiger partial charge is 0.497 e. The molecule has 4 atom stereocenters. The highest BCUT2D eigenvalue weighted by Gasteiger charge is 2.70. The standard InChI is InChI=1S/C26H28N4O5/c1-13-4-9-17-22(14(13)2)28-25(34)26(17)21-20(18(29-26)10-11-19(27)31)23(32)30(24(21)33)12-15-5-7-16(35-3)8-6-15/h4-9,18,20-21,29H,10-12H2,1-3H3,(H2,27,31)(H,28,34). The van der Waals surface area contributed by atoms with Gasteiger partial charge in [-0.1, -0.05) is 24.3 Å². The van der Waals surface area contributed by atoms with Gasteiger partial charge in [0.2, 0.25) is 23.6 Å². The monoisotopic (exact) mass is 476 g/mol. The number of amides is 4. The zero-order chi connectivity index (χ0) is 25.1. The minimum atomic E-state index is -1.39. The lowest BCUT2D eigenvalue weighted by Gasteiger charge is -2.29. The maximum atomic E-state index is 13.8. The lowest BCUT2D eigenvalue weighted by molar-refractivity contribution is -0.143. The summed E-state index contributed by atoms with van der Waals surface area (Å²) >= 11 is 0. The first-order valence-corrected chi connectivity index (χ1v) is 11.6. The zero-order valence-corrected chi connectivity index (χ0v) is 19.9. The SMILES string of the molecule is COc1ccc(CN2C(=O)C3C(CCC(N)=O)NC4(C(=O)Nc5c4ccc(C)c5C)C3C2=O)cc1. The Morgan fingerprint density at radius 2 is 1.80 bits per heavy atom. The molecule has 2 saturated heterocycles. The molecule has 2 fully saturated rings. The lowest BCUT2D eigenvalue weighted by atomic mass is 9.76. The van der Waals surface area contributed by atoms with Crippen LogP contribution in [0, 0.1) is 25.7 Å². The third-order valence-electron chi connectivity index (χ3n) is 7.71. The minimum Gasteiger partial charge on any atom is -0.497 e. The number of nitrogens with zero attached hydrogens (tertiary/aromatic N) is 1. The van der Waals surface area contributed by atoms with Crippen molar-refractivity contribution in [2.75, 3.05) is 12.4 Å². The van der Waals surface area contributed by atoms with E-state index in [1.807, 2.05) is 26.0 Å². The summed E-state index contributed by atoms with van der Waals surface area (Å²) in [5.74, 6) is -2.63. The first kappa shape index (κ1) is 23.0. The molecule has 3 aliphatic heterocycles. The number of anilines is 1. The number of nitrogens with one attached hydrogen (secondary N) is 2. The zero-order valence-electron chi connectivity index (χ0n) is 19.9. The Bertz CT molecular complexity index is 1260. The van der Waals surface area contributed by atoms with Gasteiger partial charge < -0.3 is 15.8 Å². The molecule has 182 valence electrons. The number of hydrogen-bond acceptors (Lipinski definition) is 6. The highest BCUT2D eigenvalue weighted by molar-refractivity contribution is 6.15. The van der Waals surface area contributed by atoms with Crippen LogP contribution in [-0.4, -0.2) is 41.7 Å². The van der Waals surface area contributed by atoms with Gasteiger partial charge in [-0.2, -0.15) is 0 Å².